The number of esters is 2. The number of hydrogen-bond acceptors (Lipinski definition) is 26. The number of hydroxylamine groups is 2. The zero-order valence-corrected chi connectivity index (χ0v) is 62.7. The van der Waals surface area contributed by atoms with Crippen molar-refractivity contribution in [3.05, 3.63) is 117 Å². The Morgan fingerprint density at radius 3 is 1.09 bits per heavy atom. The molecule has 0 bridgehead atoms. The highest BCUT2D eigenvalue weighted by Gasteiger charge is 2.45. The van der Waals surface area contributed by atoms with Crippen LogP contribution < -0.4 is 48.3 Å². The number of rotatable bonds is 21. The van der Waals surface area contributed by atoms with Crippen LogP contribution in [0.5, 0.6) is 0 Å². The fourth-order valence-corrected chi connectivity index (χ4v) is 14.1. The minimum Gasteiger partial charge on any atom is -0.468 e. The fraction of sp³-hybridized carbons (Fsp3) is 0.403. The molecule has 0 radical (unpaired) electrons. The van der Waals surface area contributed by atoms with E-state index in [0.717, 1.165) is 5.56 Å². The lowest BCUT2D eigenvalue weighted by atomic mass is 10.0. The zero-order valence-electron chi connectivity index (χ0n) is 62.7. The quantitative estimate of drug-likeness (QED) is 0.0141. The minimum absolute atomic E-state index is 0.000604. The van der Waals surface area contributed by atoms with Crippen LogP contribution in [0.3, 0.4) is 0 Å². The van der Waals surface area contributed by atoms with E-state index < -0.39 is 71.5 Å². The molecule has 10 aliphatic rings. The average molecular weight is 1600 g/mol. The van der Waals surface area contributed by atoms with Crippen molar-refractivity contribution in [1.82, 2.24) is 51.2 Å². The second kappa shape index (κ2) is 38.6. The summed E-state index contributed by atoms with van der Waals surface area (Å²) >= 11 is 0. The van der Waals surface area contributed by atoms with Crippen molar-refractivity contribution in [2.75, 3.05) is 35.3 Å². The third-order valence-corrected chi connectivity index (χ3v) is 20.0. The Labute approximate surface area is 659 Å². The number of nitrogens with zero attached hydrogens (tertiary/aromatic N) is 5. The molecule has 18 amide bonds. The number of imide groups is 5. The summed E-state index contributed by atoms with van der Waals surface area (Å²) in [5.41, 5.74) is 12.3. The number of carbonyl (C=O) groups is 22. The molecular weight excluding hydrogens is 1520 g/mol. The minimum atomic E-state index is -0.789. The lowest BCUT2D eigenvalue weighted by molar-refractivity contribution is -0.197. The van der Waals surface area contributed by atoms with Crippen LogP contribution in [0, 0.1) is 0 Å². The van der Waals surface area contributed by atoms with E-state index in [4.69, 9.17) is 10.6 Å². The van der Waals surface area contributed by atoms with Crippen molar-refractivity contribution in [2.24, 2.45) is 0 Å². The maximum Gasteiger partial charge on any atom is 0.333 e. The first-order chi connectivity index (χ1) is 55.5. The van der Waals surface area contributed by atoms with Crippen molar-refractivity contribution in [1.29, 1.82) is 0 Å². The van der Waals surface area contributed by atoms with E-state index in [9.17, 15) is 105 Å². The molecule has 0 spiro atoms. The number of fused-ring (bicyclic) bond motifs is 4. The van der Waals surface area contributed by atoms with Gasteiger partial charge in [-0.25, -0.2) is 4.79 Å². The monoisotopic (exact) mass is 1600 g/mol. The molecule has 10 aliphatic heterocycles. The van der Waals surface area contributed by atoms with Crippen LogP contribution in [0.15, 0.2) is 72.8 Å². The van der Waals surface area contributed by atoms with Gasteiger partial charge in [0.25, 0.3) is 41.9 Å². The first kappa shape index (κ1) is 84.7. The van der Waals surface area contributed by atoms with Crippen LogP contribution in [-0.4, -0.2) is 193 Å². The summed E-state index contributed by atoms with van der Waals surface area (Å²) < 4.78 is 8.76. The first-order valence-corrected chi connectivity index (χ1v) is 37.3. The number of hydrogen-bond donors (Lipinski definition) is 9. The van der Waals surface area contributed by atoms with Gasteiger partial charge in [0, 0.05) is 184 Å². The van der Waals surface area contributed by atoms with Gasteiger partial charge in [0.15, 0.2) is 0 Å². The van der Waals surface area contributed by atoms with E-state index in [1.54, 1.807) is 79.8 Å². The Morgan fingerprint density at radius 2 is 0.759 bits per heavy atom. The topological polar surface area (TPSA) is 542 Å². The lowest BCUT2D eigenvalue weighted by Gasteiger charge is -2.29. The van der Waals surface area contributed by atoms with Gasteiger partial charge in [-0.1, -0.05) is 24.3 Å². The molecule has 6 fully saturated rings. The SMILES string of the molecule is CNC(=O)CCCC(=O)Nc1cccc2c1CN(C1CCC(=O)NC1=O)C2=O.Nc1cccc2c1CN(C1CCC(=O)NC1=O)C2=O.O=C1CCC(N2Cc3c(NC(=O)CCCC(=O)ON4C(=O)CCC4=O)cccc3C2=O)C(=O)N1.O=C1CCCC(=O)O1.O=COCCCC(=O)Nc1cccc2c1CN(C1CCC(=O)NC1=O)C2=O. The number of carbonyl (C=O) groups excluding carboxylic acids is 22. The molecule has 0 aromatic heterocycles. The summed E-state index contributed by atoms with van der Waals surface area (Å²) in [4.78, 5) is 268. The van der Waals surface area contributed by atoms with E-state index in [-0.39, 0.29) is 199 Å². The summed E-state index contributed by atoms with van der Waals surface area (Å²) in [7, 11) is 1.54. The summed E-state index contributed by atoms with van der Waals surface area (Å²) in [6, 6.07) is 17.3. The third kappa shape index (κ3) is 20.9. The van der Waals surface area contributed by atoms with E-state index >= 15 is 0 Å². The molecule has 4 aromatic carbocycles. The summed E-state index contributed by atoms with van der Waals surface area (Å²) in [6.07, 6.45) is 4.71. The number of ether oxygens (including phenoxy) is 2. The van der Waals surface area contributed by atoms with Crippen molar-refractivity contribution in [3.63, 3.8) is 0 Å². The van der Waals surface area contributed by atoms with Gasteiger partial charge in [0.1, 0.15) is 24.2 Å². The number of cyclic esters (lactones) is 2. The Bertz CT molecular complexity index is 4740. The van der Waals surface area contributed by atoms with Crippen molar-refractivity contribution < 1.29 is 120 Å². The zero-order chi connectivity index (χ0) is 83.6. The van der Waals surface area contributed by atoms with Crippen LogP contribution in [0.2, 0.25) is 0 Å². The molecule has 0 saturated carbocycles. The Hall–Kier alpha value is -13.8. The standard InChI is InChI=1S/C22H22N4O8.C19H22N4O5.C18H19N3O6.C13H13N3O3.C5H6O3/c27-16(5-2-6-20(31)34-26-18(29)9-10-19(26)30)23-14-4-1-3-12-13(14)11-25(22(12)33)15-7-8-17(28)24-21(15)32;1-20-15(24)6-3-7-16(25)21-13-5-2-4-11-12(13)10-23(19(11)28)14-8-9-17(26)22-18(14)27;22-10-27-8-2-5-15(23)19-13-4-1-3-11-12(13)9-21(18(11)26)14-6-7-16(24)20-17(14)25;14-9-3-1-2-7-8(9)6-16(13(7)19)10-4-5-11(17)15-12(10)18;6-4-2-1-3-5(7)8-4/h1,3-4,15H,2,5-11H2,(H,23,27)(H,24,28,32);2,4-5,14H,3,6-10H2,1H3,(H,20,24)(H,21,25)(H,22,26,27);1,3-4,10,14H,2,5-9H2,(H,19,23)(H,20,24,25);1-3,10H,4-6,14H2,(H,15,17,18);1-3H2. The Morgan fingerprint density at radius 1 is 0.431 bits per heavy atom. The van der Waals surface area contributed by atoms with Gasteiger partial charge in [-0.15, -0.1) is 5.06 Å². The number of benzene rings is 4. The first-order valence-electron chi connectivity index (χ1n) is 37.3. The van der Waals surface area contributed by atoms with Crippen LogP contribution in [-0.2, 0) is 127 Å². The molecule has 0 aliphatic carbocycles. The molecule has 39 nitrogen and oxygen atoms in total. The van der Waals surface area contributed by atoms with Gasteiger partial charge in [-0.3, -0.25) is 122 Å². The molecule has 116 heavy (non-hydrogen) atoms. The van der Waals surface area contributed by atoms with Crippen molar-refractivity contribution in [2.45, 2.75) is 185 Å². The summed E-state index contributed by atoms with van der Waals surface area (Å²) in [6.45, 7) is 1.30. The highest BCUT2D eigenvalue weighted by Crippen LogP contribution is 2.37. The molecule has 6 saturated heterocycles. The predicted molar refractivity (Wildman–Crippen MR) is 395 cm³/mol. The third-order valence-electron chi connectivity index (χ3n) is 20.0. The number of nitrogen functional groups attached to an aromatic ring is 1. The fourth-order valence-electron chi connectivity index (χ4n) is 14.1. The lowest BCUT2D eigenvalue weighted by Crippen LogP contribution is -2.52. The number of piperidine rings is 4. The molecule has 10 heterocycles. The molecule has 39 heteroatoms. The smallest absolute Gasteiger partial charge is 0.333 e. The van der Waals surface area contributed by atoms with E-state index in [1.165, 1.54) is 19.6 Å². The van der Waals surface area contributed by atoms with E-state index in [0.29, 0.717) is 118 Å². The molecule has 14 rings (SSSR count). The molecule has 4 atom stereocenters. The highest BCUT2D eigenvalue weighted by atomic mass is 16.7. The normalized spacial score (nSPS) is 19.8. The van der Waals surface area contributed by atoms with Gasteiger partial charge in [-0.05, 0) is 99.9 Å². The van der Waals surface area contributed by atoms with Gasteiger partial charge < -0.3 is 60.9 Å². The Balaban J connectivity index is 0.000000160. The summed E-state index contributed by atoms with van der Waals surface area (Å²) in [5, 5.41) is 20.3. The van der Waals surface area contributed by atoms with Crippen LogP contribution in [0.4, 0.5) is 22.7 Å². The van der Waals surface area contributed by atoms with E-state index in [2.05, 4.69) is 52.0 Å². The van der Waals surface area contributed by atoms with Gasteiger partial charge in [-0.2, -0.15) is 0 Å². The van der Waals surface area contributed by atoms with Crippen molar-refractivity contribution in [3.8, 4) is 0 Å². The van der Waals surface area contributed by atoms with E-state index in [1.807, 2.05) is 0 Å². The number of nitrogens with one attached hydrogen (secondary N) is 8. The maximum absolute atomic E-state index is 12.8. The largest absolute Gasteiger partial charge is 0.468 e. The van der Waals surface area contributed by atoms with Crippen molar-refractivity contribution >= 4 is 153 Å². The molecule has 4 unspecified atom stereocenters. The summed E-state index contributed by atoms with van der Waals surface area (Å²) in [5.74, 6) is -8.10. The Kier molecular flexibility index (Phi) is 28.2. The van der Waals surface area contributed by atoms with Gasteiger partial charge in [0.2, 0.25) is 70.9 Å². The second-order valence-electron chi connectivity index (χ2n) is 27.8. The number of nitrogens with two attached hydrogens (primary N) is 1. The van der Waals surface area contributed by atoms with Gasteiger partial charge >= 0.3 is 17.9 Å². The van der Waals surface area contributed by atoms with Crippen LogP contribution >= 0.6 is 0 Å². The van der Waals surface area contributed by atoms with Crippen LogP contribution in [0.25, 0.3) is 0 Å². The molecular formula is C77H82N14O25. The second-order valence-corrected chi connectivity index (χ2v) is 27.8. The number of amides is 18. The van der Waals surface area contributed by atoms with Gasteiger partial charge in [0.05, 0.1) is 6.61 Å². The number of anilines is 4. The highest BCUT2D eigenvalue weighted by molar-refractivity contribution is 6.11. The maximum atomic E-state index is 12.8. The molecule has 10 N–H and O–H groups in total. The average Bonchev–Trinajstić information content (AvgIpc) is 1.64. The molecule has 4 aromatic rings. The van der Waals surface area contributed by atoms with Crippen LogP contribution in [0.1, 0.15) is 199 Å². The predicted octanol–water partition coefficient (Wildman–Crippen LogP) is 1.08. The molecule has 610 valence electrons.